The smallest absolute Gasteiger partial charge is 0.207 e. The number of sulfonamides is 1. The fourth-order valence-electron chi connectivity index (χ4n) is 2.67. The van der Waals surface area contributed by atoms with E-state index in [-0.39, 0.29) is 6.04 Å². The van der Waals surface area contributed by atoms with Crippen LogP contribution in [0.25, 0.3) is 0 Å². The monoisotopic (exact) mass is 301 g/mol. The summed E-state index contributed by atoms with van der Waals surface area (Å²) in [6.45, 7) is 4.51. The molecule has 1 heterocycles. The van der Waals surface area contributed by atoms with Crippen LogP contribution in [0.15, 0.2) is 23.1 Å². The maximum Gasteiger partial charge on any atom is 0.243 e. The summed E-state index contributed by atoms with van der Waals surface area (Å²) in [5.41, 5.74) is 1.63. The van der Waals surface area contributed by atoms with Gasteiger partial charge in [-0.1, -0.05) is 19.1 Å². The largest absolute Gasteiger partial charge is 0.243 e. The predicted octanol–water partition coefficient (Wildman–Crippen LogP) is 3.30. The maximum atomic E-state index is 12.8. The fourth-order valence-corrected chi connectivity index (χ4v) is 4.88. The first-order valence-corrected chi connectivity index (χ1v) is 8.65. The lowest BCUT2D eigenvalue weighted by atomic mass is 10.2. The molecule has 0 spiro atoms. The van der Waals surface area contributed by atoms with Gasteiger partial charge in [0.1, 0.15) is 0 Å². The highest BCUT2D eigenvalue weighted by molar-refractivity contribution is 7.89. The molecule has 3 nitrogen and oxygen atoms in total. The summed E-state index contributed by atoms with van der Waals surface area (Å²) in [7, 11) is -3.39. The summed E-state index contributed by atoms with van der Waals surface area (Å²) in [5.74, 6) is 0.333. The Labute approximate surface area is 120 Å². The van der Waals surface area contributed by atoms with Crippen LogP contribution >= 0.6 is 11.6 Å². The summed E-state index contributed by atoms with van der Waals surface area (Å²) in [6, 6.07) is 5.57. The van der Waals surface area contributed by atoms with Gasteiger partial charge in [-0.3, -0.25) is 0 Å². The minimum Gasteiger partial charge on any atom is -0.207 e. The van der Waals surface area contributed by atoms with Crippen molar-refractivity contribution in [2.75, 3.05) is 6.54 Å². The Morgan fingerprint density at radius 2 is 2.16 bits per heavy atom. The highest BCUT2D eigenvalue weighted by Gasteiger charge is 2.34. The van der Waals surface area contributed by atoms with Crippen molar-refractivity contribution < 1.29 is 8.42 Å². The Hall–Kier alpha value is -0.580. The van der Waals surface area contributed by atoms with Crippen molar-refractivity contribution >= 4 is 21.6 Å². The number of alkyl halides is 1. The predicted molar refractivity (Wildman–Crippen MR) is 77.9 cm³/mol. The van der Waals surface area contributed by atoms with Crippen molar-refractivity contribution in [3.63, 3.8) is 0 Å². The standard InChI is InChI=1S/C14H20ClNO2S/c1-3-13-5-4-8-16(13)19(17,18)14-9-12(10-15)7-6-11(14)2/h6-7,9,13H,3-5,8,10H2,1-2H3. The van der Waals surface area contributed by atoms with Gasteiger partial charge in [0.25, 0.3) is 0 Å². The molecule has 1 aliphatic rings. The molecule has 0 amide bonds. The van der Waals surface area contributed by atoms with Gasteiger partial charge < -0.3 is 0 Å². The molecular formula is C14H20ClNO2S. The van der Waals surface area contributed by atoms with Crippen LogP contribution in [0, 0.1) is 6.92 Å². The van der Waals surface area contributed by atoms with Crippen LogP contribution in [0.4, 0.5) is 0 Å². The zero-order valence-electron chi connectivity index (χ0n) is 11.4. The van der Waals surface area contributed by atoms with E-state index in [1.54, 1.807) is 10.4 Å². The molecule has 1 unspecified atom stereocenters. The van der Waals surface area contributed by atoms with Gasteiger partial charge >= 0.3 is 0 Å². The Kier molecular flexibility index (Phi) is 4.54. The topological polar surface area (TPSA) is 37.4 Å². The van der Waals surface area contributed by atoms with Crippen LogP contribution in [-0.4, -0.2) is 25.3 Å². The molecule has 0 radical (unpaired) electrons. The Morgan fingerprint density at radius 3 is 2.79 bits per heavy atom. The van der Waals surface area contributed by atoms with Crippen molar-refractivity contribution in [1.82, 2.24) is 4.31 Å². The van der Waals surface area contributed by atoms with Crippen LogP contribution in [0.5, 0.6) is 0 Å². The number of hydrogen-bond donors (Lipinski definition) is 0. The van der Waals surface area contributed by atoms with Crippen molar-refractivity contribution in [1.29, 1.82) is 0 Å². The molecule has 106 valence electrons. The van der Waals surface area contributed by atoms with Gasteiger partial charge in [0.15, 0.2) is 0 Å². The quantitative estimate of drug-likeness (QED) is 0.800. The lowest BCUT2D eigenvalue weighted by Gasteiger charge is -2.24. The summed E-state index contributed by atoms with van der Waals surface area (Å²) in [4.78, 5) is 0.408. The summed E-state index contributed by atoms with van der Waals surface area (Å²) < 4.78 is 27.2. The van der Waals surface area contributed by atoms with Gasteiger partial charge in [0.05, 0.1) is 4.90 Å². The molecule has 19 heavy (non-hydrogen) atoms. The molecule has 1 aromatic rings. The van der Waals surface area contributed by atoms with Crippen molar-refractivity contribution in [2.24, 2.45) is 0 Å². The molecule has 1 aliphatic heterocycles. The van der Waals surface area contributed by atoms with E-state index in [0.717, 1.165) is 30.4 Å². The van der Waals surface area contributed by atoms with E-state index in [0.29, 0.717) is 17.3 Å². The van der Waals surface area contributed by atoms with E-state index in [9.17, 15) is 8.42 Å². The highest BCUT2D eigenvalue weighted by atomic mass is 35.5. The molecule has 0 N–H and O–H groups in total. The molecule has 5 heteroatoms. The molecule has 1 saturated heterocycles. The third kappa shape index (κ3) is 2.81. The second-order valence-electron chi connectivity index (χ2n) is 5.05. The molecule has 0 aromatic heterocycles. The van der Waals surface area contributed by atoms with E-state index < -0.39 is 10.0 Å². The van der Waals surface area contributed by atoms with Crippen LogP contribution in [0.1, 0.15) is 37.3 Å². The van der Waals surface area contributed by atoms with Crippen LogP contribution in [-0.2, 0) is 15.9 Å². The van der Waals surface area contributed by atoms with Gasteiger partial charge in [-0.05, 0) is 43.4 Å². The third-order valence-corrected chi connectivity index (χ3v) is 6.19. The minimum atomic E-state index is -3.39. The van der Waals surface area contributed by atoms with E-state index in [2.05, 4.69) is 0 Å². The first kappa shape index (κ1) is 14.8. The molecule has 1 aromatic carbocycles. The van der Waals surface area contributed by atoms with Gasteiger partial charge in [-0.25, -0.2) is 8.42 Å². The molecule has 1 atom stereocenters. The second-order valence-corrected chi connectivity index (χ2v) is 7.18. The van der Waals surface area contributed by atoms with E-state index >= 15 is 0 Å². The lowest BCUT2D eigenvalue weighted by Crippen LogP contribution is -2.35. The summed E-state index contributed by atoms with van der Waals surface area (Å²) in [5, 5.41) is 0. The molecule has 0 bridgehead atoms. The number of aryl methyl sites for hydroxylation is 1. The van der Waals surface area contributed by atoms with Crippen molar-refractivity contribution in [3.8, 4) is 0 Å². The van der Waals surface area contributed by atoms with Crippen LogP contribution in [0.2, 0.25) is 0 Å². The Morgan fingerprint density at radius 1 is 1.42 bits per heavy atom. The normalized spacial score (nSPS) is 20.9. The average Bonchev–Trinajstić information content (AvgIpc) is 2.88. The van der Waals surface area contributed by atoms with E-state index in [4.69, 9.17) is 11.6 Å². The first-order chi connectivity index (χ1) is 9.00. The van der Waals surface area contributed by atoms with E-state index in [1.807, 2.05) is 26.0 Å². The highest BCUT2D eigenvalue weighted by Crippen LogP contribution is 2.29. The molecule has 0 aliphatic carbocycles. The number of halogens is 1. The lowest BCUT2D eigenvalue weighted by molar-refractivity contribution is 0.379. The molecule has 0 saturated carbocycles. The number of nitrogens with zero attached hydrogens (tertiary/aromatic N) is 1. The van der Waals surface area contributed by atoms with E-state index in [1.165, 1.54) is 0 Å². The Bertz CT molecular complexity index is 557. The fraction of sp³-hybridized carbons (Fsp3) is 0.571. The zero-order valence-corrected chi connectivity index (χ0v) is 13.0. The molecular weight excluding hydrogens is 282 g/mol. The van der Waals surface area contributed by atoms with Crippen molar-refractivity contribution in [3.05, 3.63) is 29.3 Å². The minimum absolute atomic E-state index is 0.143. The summed E-state index contributed by atoms with van der Waals surface area (Å²) in [6.07, 6.45) is 2.78. The summed E-state index contributed by atoms with van der Waals surface area (Å²) >= 11 is 5.81. The number of hydrogen-bond acceptors (Lipinski definition) is 2. The average molecular weight is 302 g/mol. The van der Waals surface area contributed by atoms with Gasteiger partial charge in [-0.15, -0.1) is 11.6 Å². The SMILES string of the molecule is CCC1CCCN1S(=O)(=O)c1cc(CCl)ccc1C. The van der Waals surface area contributed by atoms with Gasteiger partial charge in [0.2, 0.25) is 10.0 Å². The third-order valence-electron chi connectivity index (χ3n) is 3.79. The van der Waals surface area contributed by atoms with Crippen molar-refractivity contribution in [2.45, 2.75) is 49.9 Å². The van der Waals surface area contributed by atoms with Crippen LogP contribution < -0.4 is 0 Å². The second kappa shape index (κ2) is 5.81. The zero-order chi connectivity index (χ0) is 14.0. The number of benzene rings is 1. The van der Waals surface area contributed by atoms with Gasteiger partial charge in [-0.2, -0.15) is 4.31 Å². The van der Waals surface area contributed by atoms with Gasteiger partial charge in [0, 0.05) is 18.5 Å². The Balaban J connectivity index is 2.44. The number of rotatable bonds is 4. The maximum absolute atomic E-state index is 12.8. The molecule has 2 rings (SSSR count). The van der Waals surface area contributed by atoms with Crippen LogP contribution in [0.3, 0.4) is 0 Å². The molecule has 1 fully saturated rings. The first-order valence-electron chi connectivity index (χ1n) is 6.68.